The zero-order valence-electron chi connectivity index (χ0n) is 14.1. The van der Waals surface area contributed by atoms with Gasteiger partial charge in [-0.25, -0.2) is 0 Å². The lowest BCUT2D eigenvalue weighted by Gasteiger charge is -2.41. The van der Waals surface area contributed by atoms with Gasteiger partial charge >= 0.3 is 0 Å². The second-order valence-electron chi connectivity index (χ2n) is 7.20. The standard InChI is InChI=1S/C17H31N3O2/c1-13-4-3-9-20(12-13)15-7-10-19(11-8-15)16(21)6-5-14(2)17(18)22/h13-15H,3-12H2,1-2H3,(H2,18,22)/t13-,14?/m0/s1. The number of hydrogen-bond acceptors (Lipinski definition) is 3. The van der Waals surface area contributed by atoms with Gasteiger partial charge in [-0.2, -0.15) is 0 Å². The molecule has 2 fully saturated rings. The summed E-state index contributed by atoms with van der Waals surface area (Å²) in [5.41, 5.74) is 5.24. The summed E-state index contributed by atoms with van der Waals surface area (Å²) in [6.07, 6.45) is 5.85. The number of carbonyl (C=O) groups excluding carboxylic acids is 2. The average Bonchev–Trinajstić information content (AvgIpc) is 2.52. The van der Waals surface area contributed by atoms with Crippen LogP contribution in [0.15, 0.2) is 0 Å². The van der Waals surface area contributed by atoms with Gasteiger partial charge in [-0.15, -0.1) is 0 Å². The van der Waals surface area contributed by atoms with Gasteiger partial charge in [0.25, 0.3) is 0 Å². The van der Waals surface area contributed by atoms with Gasteiger partial charge in [-0.3, -0.25) is 14.5 Å². The Kier molecular flexibility index (Phi) is 6.24. The lowest BCUT2D eigenvalue weighted by atomic mass is 9.95. The number of rotatable bonds is 5. The first-order valence-electron chi connectivity index (χ1n) is 8.78. The van der Waals surface area contributed by atoms with Gasteiger partial charge in [0.15, 0.2) is 0 Å². The van der Waals surface area contributed by atoms with Crippen LogP contribution in [-0.2, 0) is 9.59 Å². The van der Waals surface area contributed by atoms with Crippen LogP contribution in [-0.4, -0.2) is 53.8 Å². The van der Waals surface area contributed by atoms with Crippen molar-refractivity contribution in [1.82, 2.24) is 9.80 Å². The highest BCUT2D eigenvalue weighted by Gasteiger charge is 2.29. The third kappa shape index (κ3) is 4.70. The maximum Gasteiger partial charge on any atom is 0.222 e. The summed E-state index contributed by atoms with van der Waals surface area (Å²) >= 11 is 0. The molecule has 5 heteroatoms. The van der Waals surface area contributed by atoms with Crippen LogP contribution in [0.25, 0.3) is 0 Å². The van der Waals surface area contributed by atoms with E-state index in [4.69, 9.17) is 5.73 Å². The number of primary amides is 1. The molecule has 0 spiro atoms. The Hall–Kier alpha value is -1.10. The van der Waals surface area contributed by atoms with Crippen LogP contribution in [0.4, 0.5) is 0 Å². The fraction of sp³-hybridized carbons (Fsp3) is 0.882. The first-order valence-corrected chi connectivity index (χ1v) is 8.78. The predicted molar refractivity (Wildman–Crippen MR) is 87.2 cm³/mol. The van der Waals surface area contributed by atoms with E-state index in [1.54, 1.807) is 6.92 Å². The molecule has 0 aromatic heterocycles. The molecule has 2 N–H and O–H groups in total. The largest absolute Gasteiger partial charge is 0.369 e. The van der Waals surface area contributed by atoms with E-state index >= 15 is 0 Å². The number of likely N-dealkylation sites (tertiary alicyclic amines) is 2. The van der Waals surface area contributed by atoms with Crippen LogP contribution in [0.1, 0.15) is 52.4 Å². The molecule has 2 aliphatic rings. The third-order valence-electron chi connectivity index (χ3n) is 5.30. The van der Waals surface area contributed by atoms with Crippen LogP contribution in [0, 0.1) is 11.8 Å². The summed E-state index contributed by atoms with van der Waals surface area (Å²) in [6, 6.07) is 0.649. The molecule has 0 saturated carbocycles. The molecule has 5 nitrogen and oxygen atoms in total. The highest BCUT2D eigenvalue weighted by molar-refractivity contribution is 5.79. The molecule has 0 bridgehead atoms. The average molecular weight is 309 g/mol. The fourth-order valence-corrected chi connectivity index (χ4v) is 3.68. The SMILES string of the molecule is CC(CCC(=O)N1CCC(N2CCC[C@H](C)C2)CC1)C(N)=O. The number of piperidine rings is 2. The number of carbonyl (C=O) groups is 2. The van der Waals surface area contributed by atoms with E-state index < -0.39 is 0 Å². The van der Waals surface area contributed by atoms with Gasteiger partial charge in [-0.05, 0) is 44.6 Å². The van der Waals surface area contributed by atoms with E-state index in [1.807, 2.05) is 4.90 Å². The Labute approximate surface area is 134 Å². The van der Waals surface area contributed by atoms with E-state index in [0.717, 1.165) is 31.8 Å². The molecule has 0 radical (unpaired) electrons. The van der Waals surface area contributed by atoms with E-state index in [2.05, 4.69) is 11.8 Å². The van der Waals surface area contributed by atoms with Crippen molar-refractivity contribution in [2.75, 3.05) is 26.2 Å². The molecule has 2 atom stereocenters. The molecule has 2 rings (SSSR count). The minimum absolute atomic E-state index is 0.179. The van der Waals surface area contributed by atoms with Crippen molar-refractivity contribution >= 4 is 11.8 Å². The topological polar surface area (TPSA) is 66.6 Å². The molecule has 0 aliphatic carbocycles. The maximum absolute atomic E-state index is 12.2. The van der Waals surface area contributed by atoms with Crippen molar-refractivity contribution in [2.45, 2.75) is 58.4 Å². The Morgan fingerprint density at radius 3 is 2.45 bits per heavy atom. The summed E-state index contributed by atoms with van der Waals surface area (Å²) < 4.78 is 0. The highest BCUT2D eigenvalue weighted by atomic mass is 16.2. The van der Waals surface area contributed by atoms with Crippen molar-refractivity contribution in [1.29, 1.82) is 0 Å². The number of nitrogens with zero attached hydrogens (tertiary/aromatic N) is 2. The summed E-state index contributed by atoms with van der Waals surface area (Å²) in [5, 5.41) is 0. The second kappa shape index (κ2) is 7.95. The van der Waals surface area contributed by atoms with Gasteiger partial charge in [0, 0.05) is 38.0 Å². The lowest BCUT2D eigenvalue weighted by Crippen LogP contribution is -2.49. The molecule has 126 valence electrons. The zero-order valence-corrected chi connectivity index (χ0v) is 14.1. The van der Waals surface area contributed by atoms with Gasteiger partial charge in [0.05, 0.1) is 0 Å². The van der Waals surface area contributed by atoms with E-state index in [1.165, 1.54) is 25.9 Å². The van der Waals surface area contributed by atoms with Crippen molar-refractivity contribution in [3.05, 3.63) is 0 Å². The summed E-state index contributed by atoms with van der Waals surface area (Å²) in [7, 11) is 0. The molecule has 2 aliphatic heterocycles. The quantitative estimate of drug-likeness (QED) is 0.839. The van der Waals surface area contributed by atoms with Crippen LogP contribution < -0.4 is 5.73 Å². The smallest absolute Gasteiger partial charge is 0.222 e. The van der Waals surface area contributed by atoms with Crippen molar-refractivity contribution < 1.29 is 9.59 Å². The number of nitrogens with two attached hydrogens (primary N) is 1. The predicted octanol–water partition coefficient (Wildman–Crippen LogP) is 1.61. The third-order valence-corrected chi connectivity index (χ3v) is 5.30. The normalized spacial score (nSPS) is 25.9. The molecule has 2 heterocycles. The molecule has 2 amide bonds. The Balaban J connectivity index is 1.72. The van der Waals surface area contributed by atoms with Crippen LogP contribution in [0.3, 0.4) is 0 Å². The second-order valence-corrected chi connectivity index (χ2v) is 7.20. The van der Waals surface area contributed by atoms with E-state index in [-0.39, 0.29) is 17.7 Å². The van der Waals surface area contributed by atoms with Crippen molar-refractivity contribution in [3.8, 4) is 0 Å². The molecular weight excluding hydrogens is 278 g/mol. The van der Waals surface area contributed by atoms with Gasteiger partial charge in [0.1, 0.15) is 0 Å². The first-order chi connectivity index (χ1) is 10.5. The Bertz CT molecular complexity index is 391. The summed E-state index contributed by atoms with van der Waals surface area (Å²) in [5.74, 6) is 0.462. The van der Waals surface area contributed by atoms with E-state index in [0.29, 0.717) is 18.9 Å². The fourth-order valence-electron chi connectivity index (χ4n) is 3.68. The Morgan fingerprint density at radius 1 is 1.18 bits per heavy atom. The summed E-state index contributed by atoms with van der Waals surface area (Å²) in [4.78, 5) is 27.8. The molecule has 0 aromatic carbocycles. The zero-order chi connectivity index (χ0) is 16.1. The monoisotopic (exact) mass is 309 g/mol. The number of hydrogen-bond donors (Lipinski definition) is 1. The molecule has 2 saturated heterocycles. The molecule has 0 aromatic rings. The van der Waals surface area contributed by atoms with Crippen LogP contribution in [0.2, 0.25) is 0 Å². The van der Waals surface area contributed by atoms with Crippen LogP contribution in [0.5, 0.6) is 0 Å². The maximum atomic E-state index is 12.2. The molecular formula is C17H31N3O2. The Morgan fingerprint density at radius 2 is 1.86 bits per heavy atom. The van der Waals surface area contributed by atoms with Crippen LogP contribution >= 0.6 is 0 Å². The lowest BCUT2D eigenvalue weighted by molar-refractivity contribution is -0.133. The minimum Gasteiger partial charge on any atom is -0.369 e. The van der Waals surface area contributed by atoms with E-state index in [9.17, 15) is 9.59 Å². The highest BCUT2D eigenvalue weighted by Crippen LogP contribution is 2.24. The van der Waals surface area contributed by atoms with Crippen molar-refractivity contribution in [3.63, 3.8) is 0 Å². The first kappa shape index (κ1) is 17.3. The van der Waals surface area contributed by atoms with Crippen molar-refractivity contribution in [2.24, 2.45) is 17.6 Å². The summed E-state index contributed by atoms with van der Waals surface area (Å²) in [6.45, 7) is 8.29. The number of amides is 2. The van der Waals surface area contributed by atoms with Gasteiger partial charge in [0.2, 0.25) is 11.8 Å². The van der Waals surface area contributed by atoms with Gasteiger partial charge in [-0.1, -0.05) is 13.8 Å². The molecule has 22 heavy (non-hydrogen) atoms. The van der Waals surface area contributed by atoms with Gasteiger partial charge < -0.3 is 10.6 Å². The minimum atomic E-state index is -0.314. The molecule has 1 unspecified atom stereocenters.